The Balaban J connectivity index is 1.69. The molecule has 1 aromatic carbocycles. The first-order valence-electron chi connectivity index (χ1n) is 9.41. The molecule has 0 aliphatic carbocycles. The van der Waals surface area contributed by atoms with Crippen LogP contribution in [0.3, 0.4) is 0 Å². The summed E-state index contributed by atoms with van der Waals surface area (Å²) < 4.78 is 11.3. The summed E-state index contributed by atoms with van der Waals surface area (Å²) in [5, 5.41) is 1.26. The van der Waals surface area contributed by atoms with Crippen molar-refractivity contribution in [3.8, 4) is 0 Å². The van der Waals surface area contributed by atoms with E-state index < -0.39 is 5.63 Å². The lowest BCUT2D eigenvalue weighted by molar-refractivity contribution is -0.149. The van der Waals surface area contributed by atoms with Gasteiger partial charge in [0.15, 0.2) is 0 Å². The van der Waals surface area contributed by atoms with Crippen molar-refractivity contribution in [3.05, 3.63) is 45.1 Å². The lowest BCUT2D eigenvalue weighted by Crippen LogP contribution is -2.42. The number of carbonyl (C=O) groups excluding carboxylic acids is 2. The highest BCUT2D eigenvalue weighted by atomic mass is 32.1. The summed E-state index contributed by atoms with van der Waals surface area (Å²) in [6, 6.07) is 7.24. The van der Waals surface area contributed by atoms with Gasteiger partial charge < -0.3 is 14.1 Å². The van der Waals surface area contributed by atoms with E-state index in [0.717, 1.165) is 28.5 Å². The van der Waals surface area contributed by atoms with Gasteiger partial charge in [0, 0.05) is 18.5 Å². The summed E-state index contributed by atoms with van der Waals surface area (Å²) in [5.74, 6) is -0.700. The Morgan fingerprint density at radius 1 is 1.29 bits per heavy atom. The van der Waals surface area contributed by atoms with Gasteiger partial charge in [-0.15, -0.1) is 11.3 Å². The molecule has 28 heavy (non-hydrogen) atoms. The summed E-state index contributed by atoms with van der Waals surface area (Å²) in [7, 11) is 0. The number of hydrogen-bond acceptors (Lipinski definition) is 6. The van der Waals surface area contributed by atoms with Crippen LogP contribution in [0.15, 0.2) is 33.5 Å². The quantitative estimate of drug-likeness (QED) is 0.495. The number of rotatable bonds is 3. The first-order valence-corrected chi connectivity index (χ1v) is 10.2. The monoisotopic (exact) mass is 399 g/mol. The lowest BCUT2D eigenvalue weighted by Gasteiger charge is -2.31. The van der Waals surface area contributed by atoms with Crippen LogP contribution in [0, 0.1) is 12.8 Å². The van der Waals surface area contributed by atoms with Crippen molar-refractivity contribution < 1.29 is 18.7 Å². The largest absolute Gasteiger partial charge is 0.466 e. The zero-order chi connectivity index (χ0) is 19.8. The topological polar surface area (TPSA) is 76.8 Å². The van der Waals surface area contributed by atoms with E-state index in [-0.39, 0.29) is 17.8 Å². The minimum Gasteiger partial charge on any atom is -0.466 e. The third-order valence-corrected chi connectivity index (χ3v) is 6.23. The van der Waals surface area contributed by atoms with Gasteiger partial charge in [0.25, 0.3) is 5.91 Å². The molecule has 1 aliphatic rings. The fourth-order valence-corrected chi connectivity index (χ4v) is 4.82. The predicted molar refractivity (Wildman–Crippen MR) is 108 cm³/mol. The van der Waals surface area contributed by atoms with E-state index in [1.807, 2.05) is 19.1 Å². The van der Waals surface area contributed by atoms with Crippen LogP contribution in [-0.4, -0.2) is 36.5 Å². The molecule has 1 atom stereocenters. The Hall–Kier alpha value is -2.67. The second kappa shape index (κ2) is 7.39. The number of fused-ring (bicyclic) bond motifs is 3. The van der Waals surface area contributed by atoms with Crippen molar-refractivity contribution in [2.24, 2.45) is 5.92 Å². The minimum absolute atomic E-state index is 0.157. The van der Waals surface area contributed by atoms with Crippen molar-refractivity contribution >= 4 is 44.3 Å². The van der Waals surface area contributed by atoms with Gasteiger partial charge in [-0.05, 0) is 44.9 Å². The number of hydrogen-bond donors (Lipinski definition) is 0. The molecule has 1 aliphatic heterocycles. The number of likely N-dealkylation sites (tertiary alicyclic amines) is 1. The molecule has 0 bridgehead atoms. The predicted octanol–water partition coefficient (Wildman–Crippen LogP) is 3.73. The summed E-state index contributed by atoms with van der Waals surface area (Å²) in [6.45, 7) is 5.03. The van der Waals surface area contributed by atoms with E-state index in [2.05, 4.69) is 0 Å². The maximum absolute atomic E-state index is 13.1. The molecule has 4 rings (SSSR count). The van der Waals surface area contributed by atoms with Crippen molar-refractivity contribution in [2.45, 2.75) is 26.7 Å². The summed E-state index contributed by atoms with van der Waals surface area (Å²) in [5.41, 5.74) is 1.13. The maximum Gasteiger partial charge on any atom is 0.345 e. The molecular formula is C21H21NO5S. The van der Waals surface area contributed by atoms with Crippen LogP contribution in [0.1, 0.15) is 35.0 Å². The molecule has 1 saturated heterocycles. The third kappa shape index (κ3) is 3.30. The number of benzene rings is 1. The zero-order valence-corrected chi connectivity index (χ0v) is 16.6. The Morgan fingerprint density at radius 2 is 2.11 bits per heavy atom. The fourth-order valence-electron chi connectivity index (χ4n) is 3.68. The summed E-state index contributed by atoms with van der Waals surface area (Å²) in [6.07, 6.45) is 1.48. The average molecular weight is 399 g/mol. The number of amides is 1. The Morgan fingerprint density at radius 3 is 2.89 bits per heavy atom. The number of esters is 1. The first-order chi connectivity index (χ1) is 13.5. The Bertz CT molecular complexity index is 1130. The van der Waals surface area contributed by atoms with Gasteiger partial charge >= 0.3 is 11.6 Å². The van der Waals surface area contributed by atoms with Gasteiger partial charge in [-0.1, -0.05) is 11.6 Å². The molecule has 1 fully saturated rings. The second-order valence-corrected chi connectivity index (χ2v) is 8.14. The van der Waals surface area contributed by atoms with E-state index >= 15 is 0 Å². The van der Waals surface area contributed by atoms with Gasteiger partial charge in [0.05, 0.1) is 27.5 Å². The van der Waals surface area contributed by atoms with Gasteiger partial charge in [-0.25, -0.2) is 4.79 Å². The van der Waals surface area contributed by atoms with Gasteiger partial charge in [0.2, 0.25) is 0 Å². The van der Waals surface area contributed by atoms with Crippen LogP contribution < -0.4 is 5.63 Å². The third-order valence-electron chi connectivity index (χ3n) is 5.07. The van der Waals surface area contributed by atoms with Gasteiger partial charge in [-0.3, -0.25) is 9.59 Å². The second-order valence-electron chi connectivity index (χ2n) is 7.08. The average Bonchev–Trinajstić information content (AvgIpc) is 3.15. The molecule has 6 nitrogen and oxygen atoms in total. The smallest absolute Gasteiger partial charge is 0.345 e. The molecule has 3 aromatic rings. The minimum atomic E-state index is -0.440. The molecule has 0 radical (unpaired) electrons. The molecule has 0 saturated carbocycles. The Labute approximate surface area is 165 Å². The molecule has 3 heterocycles. The van der Waals surface area contributed by atoms with Crippen LogP contribution in [0.25, 0.3) is 21.1 Å². The number of nitrogens with zero attached hydrogens (tertiary/aromatic N) is 1. The van der Waals surface area contributed by atoms with Crippen LogP contribution >= 0.6 is 11.3 Å². The van der Waals surface area contributed by atoms with E-state index in [1.54, 1.807) is 24.0 Å². The van der Waals surface area contributed by atoms with E-state index in [9.17, 15) is 14.4 Å². The summed E-state index contributed by atoms with van der Waals surface area (Å²) >= 11 is 1.30. The van der Waals surface area contributed by atoms with Crippen molar-refractivity contribution in [3.63, 3.8) is 0 Å². The highest BCUT2D eigenvalue weighted by Crippen LogP contribution is 2.32. The molecule has 2 aromatic heterocycles. The number of ether oxygens (including phenoxy) is 1. The van der Waals surface area contributed by atoms with E-state index in [1.165, 1.54) is 11.3 Å². The highest BCUT2D eigenvalue weighted by molar-refractivity contribution is 7.21. The van der Waals surface area contributed by atoms with Crippen molar-refractivity contribution in [1.29, 1.82) is 0 Å². The number of aryl methyl sites for hydroxylation is 1. The normalized spacial score (nSPS) is 17.2. The molecule has 1 unspecified atom stereocenters. The molecule has 7 heteroatoms. The van der Waals surface area contributed by atoms with E-state index in [0.29, 0.717) is 35.5 Å². The van der Waals surface area contributed by atoms with E-state index in [4.69, 9.17) is 9.15 Å². The number of carbonyl (C=O) groups is 2. The van der Waals surface area contributed by atoms with Crippen LogP contribution in [0.5, 0.6) is 0 Å². The Kier molecular flexibility index (Phi) is 4.93. The van der Waals surface area contributed by atoms with Crippen LogP contribution in [0.4, 0.5) is 0 Å². The number of piperidine rings is 1. The van der Waals surface area contributed by atoms with Crippen LogP contribution in [-0.2, 0) is 9.53 Å². The molecular weight excluding hydrogens is 378 g/mol. The lowest BCUT2D eigenvalue weighted by atomic mass is 9.98. The van der Waals surface area contributed by atoms with Crippen molar-refractivity contribution in [1.82, 2.24) is 4.90 Å². The van der Waals surface area contributed by atoms with Crippen molar-refractivity contribution in [2.75, 3.05) is 19.7 Å². The molecule has 1 amide bonds. The highest BCUT2D eigenvalue weighted by Gasteiger charge is 2.30. The fraction of sp³-hybridized carbons (Fsp3) is 0.381. The SMILES string of the molecule is CCOC(=O)C1CCCN(C(=O)c2cc3c(=O)oc4ccc(C)cc4c3s2)C1. The van der Waals surface area contributed by atoms with Crippen LogP contribution in [0.2, 0.25) is 0 Å². The molecule has 0 spiro atoms. The first kappa shape index (κ1) is 18.7. The maximum atomic E-state index is 13.1. The number of thiophene rings is 1. The molecule has 146 valence electrons. The standard InChI is InChI=1S/C21H21NO5S/c1-3-26-20(24)13-5-4-8-22(11-13)19(23)17-10-15-18(28-17)14-9-12(2)6-7-16(14)27-21(15)25/h6-7,9-10,13H,3-5,8,11H2,1-2H3. The summed E-state index contributed by atoms with van der Waals surface area (Å²) in [4.78, 5) is 39.6. The molecule has 0 N–H and O–H groups in total. The van der Waals surface area contributed by atoms with Gasteiger partial charge in [0.1, 0.15) is 5.58 Å². The van der Waals surface area contributed by atoms with Gasteiger partial charge in [-0.2, -0.15) is 0 Å². The zero-order valence-electron chi connectivity index (χ0n) is 15.8.